The van der Waals surface area contributed by atoms with Gasteiger partial charge >= 0.3 is 0 Å². The molecule has 1 aliphatic carbocycles. The molecule has 2 N–H and O–H groups in total. The molecule has 1 aliphatic heterocycles. The molecule has 1 aromatic carbocycles. The average molecular weight is 234 g/mol. The van der Waals surface area contributed by atoms with Gasteiger partial charge in [-0.15, -0.1) is 0 Å². The van der Waals surface area contributed by atoms with E-state index >= 15 is 0 Å². The Balaban J connectivity index is 1.83. The Morgan fingerprint density at radius 2 is 2.18 bits per heavy atom. The number of nitrogens with two attached hydrogens (primary N) is 1. The summed E-state index contributed by atoms with van der Waals surface area (Å²) >= 11 is 0. The van der Waals surface area contributed by atoms with Crippen molar-refractivity contribution < 1.29 is 4.39 Å². The first-order valence-electron chi connectivity index (χ1n) is 6.52. The van der Waals surface area contributed by atoms with Crippen LogP contribution < -0.4 is 5.73 Å². The maximum Gasteiger partial charge on any atom is 0.123 e. The van der Waals surface area contributed by atoms with Gasteiger partial charge in [0.15, 0.2) is 0 Å². The molecule has 0 spiro atoms. The lowest BCUT2D eigenvalue weighted by Crippen LogP contribution is -2.44. The molecule has 0 radical (unpaired) electrons. The van der Waals surface area contributed by atoms with Crippen LogP contribution in [-0.2, 0) is 6.42 Å². The molecule has 3 heteroatoms. The fraction of sp³-hybridized carbons (Fsp3) is 0.571. The lowest BCUT2D eigenvalue weighted by atomic mass is 10.0. The number of nitrogens with zero attached hydrogens (tertiary/aromatic N) is 1. The Morgan fingerprint density at radius 1 is 1.29 bits per heavy atom. The van der Waals surface area contributed by atoms with Crippen molar-refractivity contribution in [2.45, 2.75) is 37.8 Å². The Kier molecular flexibility index (Phi) is 2.89. The van der Waals surface area contributed by atoms with Gasteiger partial charge < -0.3 is 5.73 Å². The van der Waals surface area contributed by atoms with Crippen LogP contribution in [0.2, 0.25) is 0 Å². The van der Waals surface area contributed by atoms with Crippen molar-refractivity contribution in [3.05, 3.63) is 35.1 Å². The van der Waals surface area contributed by atoms with E-state index in [1.165, 1.54) is 17.5 Å². The maximum atomic E-state index is 13.2. The van der Waals surface area contributed by atoms with Crippen molar-refractivity contribution in [3.8, 4) is 0 Å². The number of halogens is 1. The Labute approximate surface area is 102 Å². The topological polar surface area (TPSA) is 29.3 Å². The number of aryl methyl sites for hydroxylation is 1. The molecule has 0 bridgehead atoms. The summed E-state index contributed by atoms with van der Waals surface area (Å²) in [4.78, 5) is 2.48. The molecule has 0 saturated carbocycles. The van der Waals surface area contributed by atoms with Crippen LogP contribution in [0.3, 0.4) is 0 Å². The second kappa shape index (κ2) is 4.39. The number of rotatable bonds is 1. The number of piperidine rings is 1. The number of likely N-dealkylation sites (tertiary alicyclic amines) is 1. The summed E-state index contributed by atoms with van der Waals surface area (Å²) in [6.45, 7) is 2.12. The molecule has 2 unspecified atom stereocenters. The molecule has 2 aliphatic rings. The standard InChI is InChI=1S/C14H19FN2/c15-11-4-5-13-10(8-11)3-6-14(13)17-7-1-2-12(16)9-17/h4-5,8,12,14H,1-3,6-7,9,16H2. The van der Waals surface area contributed by atoms with Crippen molar-refractivity contribution in [3.63, 3.8) is 0 Å². The smallest absolute Gasteiger partial charge is 0.123 e. The van der Waals surface area contributed by atoms with E-state index in [1.54, 1.807) is 12.1 Å². The third kappa shape index (κ3) is 2.09. The second-order valence-electron chi connectivity index (χ2n) is 5.29. The van der Waals surface area contributed by atoms with Crippen LogP contribution in [0.15, 0.2) is 18.2 Å². The quantitative estimate of drug-likeness (QED) is 0.807. The van der Waals surface area contributed by atoms with Crippen molar-refractivity contribution in [1.29, 1.82) is 0 Å². The van der Waals surface area contributed by atoms with Crippen LogP contribution in [0.5, 0.6) is 0 Å². The molecular weight excluding hydrogens is 215 g/mol. The predicted octanol–water partition coefficient (Wildman–Crippen LogP) is 2.24. The number of hydrogen-bond donors (Lipinski definition) is 1. The van der Waals surface area contributed by atoms with Gasteiger partial charge in [0.25, 0.3) is 0 Å². The zero-order valence-electron chi connectivity index (χ0n) is 10.0. The van der Waals surface area contributed by atoms with Crippen molar-refractivity contribution in [2.75, 3.05) is 13.1 Å². The van der Waals surface area contributed by atoms with Gasteiger partial charge in [-0.2, -0.15) is 0 Å². The first-order chi connectivity index (χ1) is 8.24. The number of fused-ring (bicyclic) bond motifs is 1. The summed E-state index contributed by atoms with van der Waals surface area (Å²) in [7, 11) is 0. The summed E-state index contributed by atoms with van der Waals surface area (Å²) < 4.78 is 13.2. The molecule has 2 atom stereocenters. The van der Waals surface area contributed by atoms with E-state index < -0.39 is 0 Å². The normalized spacial score (nSPS) is 29.3. The lowest BCUT2D eigenvalue weighted by molar-refractivity contribution is 0.149. The second-order valence-corrected chi connectivity index (χ2v) is 5.29. The van der Waals surface area contributed by atoms with Crippen molar-refractivity contribution >= 4 is 0 Å². The minimum absolute atomic E-state index is 0.111. The van der Waals surface area contributed by atoms with E-state index in [-0.39, 0.29) is 5.82 Å². The molecule has 1 saturated heterocycles. The molecule has 1 aromatic rings. The van der Waals surface area contributed by atoms with Gasteiger partial charge in [-0.05, 0) is 55.5 Å². The molecule has 1 heterocycles. The molecule has 0 amide bonds. The third-order valence-electron chi connectivity index (χ3n) is 4.08. The highest BCUT2D eigenvalue weighted by Crippen LogP contribution is 2.37. The predicted molar refractivity (Wildman–Crippen MR) is 66.2 cm³/mol. The van der Waals surface area contributed by atoms with Gasteiger partial charge in [0.05, 0.1) is 0 Å². The highest BCUT2D eigenvalue weighted by atomic mass is 19.1. The Hall–Kier alpha value is -0.930. The highest BCUT2D eigenvalue weighted by Gasteiger charge is 2.30. The minimum Gasteiger partial charge on any atom is -0.327 e. The molecule has 3 rings (SSSR count). The highest BCUT2D eigenvalue weighted by molar-refractivity contribution is 5.35. The zero-order chi connectivity index (χ0) is 11.8. The van der Waals surface area contributed by atoms with E-state index in [0.717, 1.165) is 32.4 Å². The molecule has 17 heavy (non-hydrogen) atoms. The fourth-order valence-corrected chi connectivity index (χ4v) is 3.27. The molecular formula is C14H19FN2. The minimum atomic E-state index is -0.111. The lowest BCUT2D eigenvalue weighted by Gasteiger charge is -2.35. The van der Waals surface area contributed by atoms with Crippen LogP contribution in [0, 0.1) is 5.82 Å². The van der Waals surface area contributed by atoms with E-state index in [9.17, 15) is 4.39 Å². The molecule has 2 nitrogen and oxygen atoms in total. The average Bonchev–Trinajstić information content (AvgIpc) is 2.71. The Bertz CT molecular complexity index is 419. The molecule has 0 aromatic heterocycles. The van der Waals surface area contributed by atoms with E-state index in [0.29, 0.717) is 12.1 Å². The van der Waals surface area contributed by atoms with Gasteiger partial charge in [0, 0.05) is 18.6 Å². The SMILES string of the molecule is NC1CCCN(C2CCc3cc(F)ccc32)C1. The van der Waals surface area contributed by atoms with Crippen LogP contribution in [0.4, 0.5) is 4.39 Å². The summed E-state index contributed by atoms with van der Waals surface area (Å²) in [5, 5.41) is 0. The fourth-order valence-electron chi connectivity index (χ4n) is 3.27. The van der Waals surface area contributed by atoms with Gasteiger partial charge in [0.1, 0.15) is 5.82 Å². The summed E-state index contributed by atoms with van der Waals surface area (Å²) in [5.74, 6) is -0.111. The van der Waals surface area contributed by atoms with Gasteiger partial charge in [-0.25, -0.2) is 4.39 Å². The monoisotopic (exact) mass is 234 g/mol. The maximum absolute atomic E-state index is 13.2. The van der Waals surface area contributed by atoms with Gasteiger partial charge in [0.2, 0.25) is 0 Å². The van der Waals surface area contributed by atoms with Crippen molar-refractivity contribution in [2.24, 2.45) is 5.73 Å². The Morgan fingerprint density at radius 3 is 3.00 bits per heavy atom. The summed E-state index contributed by atoms with van der Waals surface area (Å²) in [5.41, 5.74) is 8.54. The number of hydrogen-bond acceptors (Lipinski definition) is 2. The van der Waals surface area contributed by atoms with Crippen LogP contribution in [-0.4, -0.2) is 24.0 Å². The van der Waals surface area contributed by atoms with Crippen LogP contribution >= 0.6 is 0 Å². The largest absolute Gasteiger partial charge is 0.327 e. The summed E-state index contributed by atoms with van der Waals surface area (Å²) in [6.07, 6.45) is 4.45. The third-order valence-corrected chi connectivity index (χ3v) is 4.08. The van der Waals surface area contributed by atoms with E-state index in [2.05, 4.69) is 4.90 Å². The van der Waals surface area contributed by atoms with Crippen LogP contribution in [0.25, 0.3) is 0 Å². The summed E-state index contributed by atoms with van der Waals surface area (Å²) in [6, 6.07) is 6.02. The van der Waals surface area contributed by atoms with Crippen LogP contribution in [0.1, 0.15) is 36.4 Å². The molecule has 1 fully saturated rings. The first kappa shape index (κ1) is 11.2. The van der Waals surface area contributed by atoms with Crippen molar-refractivity contribution in [1.82, 2.24) is 4.90 Å². The molecule has 92 valence electrons. The first-order valence-corrected chi connectivity index (χ1v) is 6.52. The van der Waals surface area contributed by atoms with Gasteiger partial charge in [-0.1, -0.05) is 6.07 Å². The zero-order valence-corrected chi connectivity index (χ0v) is 10.0. The van der Waals surface area contributed by atoms with E-state index in [4.69, 9.17) is 5.73 Å². The number of benzene rings is 1. The van der Waals surface area contributed by atoms with Gasteiger partial charge in [-0.3, -0.25) is 4.90 Å². The van der Waals surface area contributed by atoms with E-state index in [1.807, 2.05) is 6.07 Å².